The predicted molar refractivity (Wildman–Crippen MR) is 75.5 cm³/mol. The van der Waals surface area contributed by atoms with Gasteiger partial charge in [0.1, 0.15) is 0 Å². The van der Waals surface area contributed by atoms with Crippen molar-refractivity contribution in [2.45, 2.75) is 30.7 Å². The minimum Gasteiger partial charge on any atom is -0.319 e. The fourth-order valence-corrected chi connectivity index (χ4v) is 3.06. The first kappa shape index (κ1) is 16.4. The zero-order valence-electron chi connectivity index (χ0n) is 11.3. The molecular formula is C14H20F3NS. The molecule has 0 spiro atoms. The van der Waals surface area contributed by atoms with Crippen LogP contribution in [0.25, 0.3) is 0 Å². The van der Waals surface area contributed by atoms with Crippen molar-refractivity contribution in [1.29, 1.82) is 0 Å². The largest absolute Gasteiger partial charge is 0.441 e. The van der Waals surface area contributed by atoms with Crippen molar-refractivity contribution in [3.05, 3.63) is 35.9 Å². The van der Waals surface area contributed by atoms with Crippen LogP contribution < -0.4 is 5.32 Å². The van der Waals surface area contributed by atoms with Gasteiger partial charge in [-0.05, 0) is 25.5 Å². The number of likely N-dealkylation sites (N-methyl/N-ethyl adjacent to an activating group) is 1. The Labute approximate surface area is 117 Å². The third-order valence-electron chi connectivity index (χ3n) is 3.42. The van der Waals surface area contributed by atoms with Crippen LogP contribution in [0.2, 0.25) is 0 Å². The zero-order chi connectivity index (χ0) is 14.4. The Hall–Kier alpha value is -0.680. The molecule has 0 fully saturated rings. The summed E-state index contributed by atoms with van der Waals surface area (Å²) in [5, 5.41) is 3.12. The van der Waals surface area contributed by atoms with E-state index in [-0.39, 0.29) is 22.9 Å². The average Bonchev–Trinajstić information content (AvgIpc) is 2.37. The molecule has 19 heavy (non-hydrogen) atoms. The monoisotopic (exact) mass is 291 g/mol. The number of halogens is 3. The van der Waals surface area contributed by atoms with E-state index in [1.807, 2.05) is 44.3 Å². The van der Waals surface area contributed by atoms with Crippen LogP contribution in [0.5, 0.6) is 0 Å². The van der Waals surface area contributed by atoms with Crippen LogP contribution in [0.1, 0.15) is 25.3 Å². The second-order valence-electron chi connectivity index (χ2n) is 4.57. The third kappa shape index (κ3) is 5.07. The Morgan fingerprint density at radius 3 is 2.26 bits per heavy atom. The van der Waals surface area contributed by atoms with E-state index in [0.717, 1.165) is 12.0 Å². The lowest BCUT2D eigenvalue weighted by Gasteiger charge is -2.33. The second kappa shape index (κ2) is 7.20. The van der Waals surface area contributed by atoms with E-state index in [2.05, 4.69) is 5.32 Å². The molecule has 0 aliphatic carbocycles. The molecule has 0 saturated heterocycles. The van der Waals surface area contributed by atoms with E-state index in [1.165, 1.54) is 0 Å². The maximum atomic E-state index is 12.3. The van der Waals surface area contributed by atoms with Crippen LogP contribution in [-0.4, -0.2) is 24.9 Å². The van der Waals surface area contributed by atoms with Crippen molar-refractivity contribution in [3.63, 3.8) is 0 Å². The van der Waals surface area contributed by atoms with E-state index < -0.39 is 5.51 Å². The van der Waals surface area contributed by atoms with Crippen LogP contribution in [0, 0.1) is 0 Å². The van der Waals surface area contributed by atoms with Crippen molar-refractivity contribution >= 4 is 11.8 Å². The third-order valence-corrected chi connectivity index (χ3v) is 4.16. The Morgan fingerprint density at radius 2 is 1.79 bits per heavy atom. The van der Waals surface area contributed by atoms with Crippen molar-refractivity contribution in [2.75, 3.05) is 19.3 Å². The van der Waals surface area contributed by atoms with Gasteiger partial charge in [0.2, 0.25) is 0 Å². The van der Waals surface area contributed by atoms with E-state index in [9.17, 15) is 13.2 Å². The van der Waals surface area contributed by atoms with Gasteiger partial charge in [0.05, 0.1) is 0 Å². The van der Waals surface area contributed by atoms with E-state index in [1.54, 1.807) is 0 Å². The summed E-state index contributed by atoms with van der Waals surface area (Å²) in [4.78, 5) is 0. The maximum absolute atomic E-state index is 12.3. The normalized spacial score (nSPS) is 15.2. The van der Waals surface area contributed by atoms with Gasteiger partial charge in [-0.25, -0.2) is 0 Å². The average molecular weight is 291 g/mol. The molecule has 0 heterocycles. The molecule has 0 amide bonds. The zero-order valence-corrected chi connectivity index (χ0v) is 12.1. The molecule has 0 aliphatic rings. The van der Waals surface area contributed by atoms with Gasteiger partial charge in [0, 0.05) is 17.7 Å². The summed E-state index contributed by atoms with van der Waals surface area (Å²) in [5.74, 6) is 0.0912. The highest BCUT2D eigenvalue weighted by Crippen LogP contribution is 2.37. The summed E-state index contributed by atoms with van der Waals surface area (Å²) < 4.78 is 36.8. The Morgan fingerprint density at radius 1 is 1.16 bits per heavy atom. The van der Waals surface area contributed by atoms with E-state index in [0.29, 0.717) is 13.0 Å². The number of nitrogens with one attached hydrogen (secondary N) is 1. The predicted octanol–water partition coefficient (Wildman–Crippen LogP) is 4.20. The molecule has 0 saturated carbocycles. The fraction of sp³-hybridized carbons (Fsp3) is 0.571. The van der Waals surface area contributed by atoms with Gasteiger partial charge in [0.15, 0.2) is 0 Å². The molecule has 108 valence electrons. The minimum atomic E-state index is -4.14. The molecule has 0 radical (unpaired) electrons. The molecule has 5 heteroatoms. The van der Waals surface area contributed by atoms with Crippen molar-refractivity contribution in [1.82, 2.24) is 5.32 Å². The molecule has 1 aromatic carbocycles. The van der Waals surface area contributed by atoms with Gasteiger partial charge in [-0.1, -0.05) is 49.0 Å². The Bertz CT molecular complexity index is 367. The Kier molecular flexibility index (Phi) is 6.20. The minimum absolute atomic E-state index is 0.0686. The van der Waals surface area contributed by atoms with Gasteiger partial charge in [-0.3, -0.25) is 0 Å². The molecule has 1 unspecified atom stereocenters. The molecule has 1 atom stereocenters. The highest BCUT2D eigenvalue weighted by molar-refractivity contribution is 8.00. The van der Waals surface area contributed by atoms with Crippen LogP contribution in [0.4, 0.5) is 13.2 Å². The standard InChI is InChI=1S/C14H20F3NS/c1-3-13(11-18-2,9-10-19-14(15,16)17)12-7-5-4-6-8-12/h4-8,18H,3,9-11H2,1-2H3. The summed E-state index contributed by atoms with van der Waals surface area (Å²) in [6.45, 7) is 2.72. The quantitative estimate of drug-likeness (QED) is 0.808. The fourth-order valence-electron chi connectivity index (χ4n) is 2.33. The molecule has 0 bridgehead atoms. The molecular weight excluding hydrogens is 271 g/mol. The SMILES string of the molecule is CCC(CCSC(F)(F)F)(CNC)c1ccccc1. The molecule has 1 N–H and O–H groups in total. The second-order valence-corrected chi connectivity index (χ2v) is 5.73. The molecule has 0 aliphatic heterocycles. The van der Waals surface area contributed by atoms with Gasteiger partial charge in [0.25, 0.3) is 0 Å². The van der Waals surface area contributed by atoms with Crippen molar-refractivity contribution in [2.24, 2.45) is 0 Å². The summed E-state index contributed by atoms with van der Waals surface area (Å²) in [6.07, 6.45) is 1.33. The smallest absolute Gasteiger partial charge is 0.319 e. The molecule has 1 nitrogen and oxygen atoms in total. The van der Waals surface area contributed by atoms with Gasteiger partial charge < -0.3 is 5.32 Å². The summed E-state index contributed by atoms with van der Waals surface area (Å²) in [5.41, 5.74) is -3.26. The first-order chi connectivity index (χ1) is 8.93. The topological polar surface area (TPSA) is 12.0 Å². The van der Waals surface area contributed by atoms with Gasteiger partial charge in [-0.2, -0.15) is 13.2 Å². The number of hydrogen-bond donors (Lipinski definition) is 1. The highest BCUT2D eigenvalue weighted by atomic mass is 32.2. The number of benzene rings is 1. The summed E-state index contributed by atoms with van der Waals surface area (Å²) in [6, 6.07) is 9.80. The van der Waals surface area contributed by atoms with Gasteiger partial charge in [-0.15, -0.1) is 0 Å². The van der Waals surface area contributed by atoms with Gasteiger partial charge >= 0.3 is 5.51 Å². The number of thioether (sulfide) groups is 1. The van der Waals surface area contributed by atoms with E-state index in [4.69, 9.17) is 0 Å². The molecule has 1 rings (SSSR count). The van der Waals surface area contributed by atoms with Crippen molar-refractivity contribution in [3.8, 4) is 0 Å². The highest BCUT2D eigenvalue weighted by Gasteiger charge is 2.33. The van der Waals surface area contributed by atoms with Crippen LogP contribution >= 0.6 is 11.8 Å². The lowest BCUT2D eigenvalue weighted by Crippen LogP contribution is -2.37. The summed E-state index contributed by atoms with van der Waals surface area (Å²) >= 11 is 0.0686. The van der Waals surface area contributed by atoms with E-state index >= 15 is 0 Å². The number of rotatable bonds is 7. The lowest BCUT2D eigenvalue weighted by molar-refractivity contribution is -0.0328. The molecule has 1 aromatic rings. The Balaban J connectivity index is 2.81. The first-order valence-corrected chi connectivity index (χ1v) is 7.33. The van der Waals surface area contributed by atoms with Crippen LogP contribution in [0.3, 0.4) is 0 Å². The summed E-state index contributed by atoms with van der Waals surface area (Å²) in [7, 11) is 1.84. The van der Waals surface area contributed by atoms with Crippen LogP contribution in [-0.2, 0) is 5.41 Å². The maximum Gasteiger partial charge on any atom is 0.441 e. The van der Waals surface area contributed by atoms with Crippen LogP contribution in [0.15, 0.2) is 30.3 Å². The lowest BCUT2D eigenvalue weighted by atomic mass is 9.76. The van der Waals surface area contributed by atoms with Crippen molar-refractivity contribution < 1.29 is 13.2 Å². The molecule has 0 aromatic heterocycles. The first-order valence-electron chi connectivity index (χ1n) is 6.34. The number of alkyl halides is 3. The number of hydrogen-bond acceptors (Lipinski definition) is 2.